The zero-order valence-electron chi connectivity index (χ0n) is 9.62. The fourth-order valence-electron chi connectivity index (χ4n) is 1.42. The average Bonchev–Trinajstić information content (AvgIpc) is 2.26. The van der Waals surface area contributed by atoms with E-state index < -0.39 is 11.9 Å². The second-order valence-corrected chi connectivity index (χ2v) is 3.57. The van der Waals surface area contributed by atoms with E-state index in [0.717, 1.165) is 5.69 Å². The van der Waals surface area contributed by atoms with Gasteiger partial charge in [0.15, 0.2) is 0 Å². The van der Waals surface area contributed by atoms with Crippen molar-refractivity contribution in [2.75, 3.05) is 19.6 Å². The van der Waals surface area contributed by atoms with Crippen molar-refractivity contribution in [1.29, 1.82) is 0 Å². The zero-order valence-corrected chi connectivity index (χ0v) is 11.5. The first-order valence-electron chi connectivity index (χ1n) is 5.14. The molecule has 99 valence electrons. The van der Waals surface area contributed by atoms with Crippen LogP contribution in [0.3, 0.4) is 0 Å². The van der Waals surface area contributed by atoms with Gasteiger partial charge in [0.2, 0.25) is 0 Å². The van der Waals surface area contributed by atoms with Crippen LogP contribution in [0.25, 0.3) is 0 Å². The van der Waals surface area contributed by atoms with Crippen molar-refractivity contribution >= 4 is 11.9 Å². The van der Waals surface area contributed by atoms with Gasteiger partial charge in [0.05, 0.1) is 13.1 Å². The maximum absolute atomic E-state index is 10.6. The Hall–Kier alpha value is -1.30. The predicted molar refractivity (Wildman–Crippen MR) is 59.7 cm³/mol. The Morgan fingerprint density at radius 3 is 2.22 bits per heavy atom. The van der Waals surface area contributed by atoms with Gasteiger partial charge in [0.1, 0.15) is 0 Å². The normalized spacial score (nSPS) is 9.83. The Balaban J connectivity index is 0.00000289. The van der Waals surface area contributed by atoms with Gasteiger partial charge in [-0.05, 0) is 12.1 Å². The van der Waals surface area contributed by atoms with Crippen molar-refractivity contribution in [1.82, 2.24) is 9.88 Å². The first-order valence-corrected chi connectivity index (χ1v) is 5.14. The van der Waals surface area contributed by atoms with E-state index in [9.17, 15) is 9.59 Å². The number of pyridine rings is 1. The molecule has 0 unspecified atom stereocenters. The van der Waals surface area contributed by atoms with Crippen LogP contribution in [0.4, 0.5) is 0 Å². The molecule has 0 aliphatic heterocycles. The van der Waals surface area contributed by atoms with Crippen molar-refractivity contribution in [2.24, 2.45) is 0 Å². The molecule has 0 bridgehead atoms. The van der Waals surface area contributed by atoms with Crippen LogP contribution in [-0.2, 0) is 36.1 Å². The number of carboxylic acid groups (broad SMARTS) is 2. The van der Waals surface area contributed by atoms with Gasteiger partial charge < -0.3 is 10.2 Å². The Morgan fingerprint density at radius 1 is 1.17 bits per heavy atom. The van der Waals surface area contributed by atoms with Gasteiger partial charge in [-0.25, -0.2) is 0 Å². The first-order chi connectivity index (χ1) is 8.08. The summed E-state index contributed by atoms with van der Waals surface area (Å²) in [6.07, 6.45) is 2.18. The monoisotopic (exact) mass is 337 g/mol. The molecule has 1 rings (SSSR count). The van der Waals surface area contributed by atoms with Crippen LogP contribution < -0.4 is 0 Å². The first kappa shape index (κ1) is 16.7. The molecule has 0 saturated heterocycles. The van der Waals surface area contributed by atoms with Gasteiger partial charge in [-0.15, -0.1) is 0 Å². The number of hydrogen-bond acceptors (Lipinski definition) is 4. The molecule has 0 aliphatic carbocycles. The summed E-state index contributed by atoms with van der Waals surface area (Å²) in [7, 11) is 0. The molecule has 0 aliphatic rings. The van der Waals surface area contributed by atoms with E-state index >= 15 is 0 Å². The minimum absolute atomic E-state index is 0. The van der Waals surface area contributed by atoms with Crippen molar-refractivity contribution in [3.05, 3.63) is 30.1 Å². The van der Waals surface area contributed by atoms with Crippen LogP contribution in [0, 0.1) is 0 Å². The summed E-state index contributed by atoms with van der Waals surface area (Å²) in [4.78, 5) is 26.6. The average molecular weight is 337 g/mol. The number of nitrogens with zero attached hydrogens (tertiary/aromatic N) is 2. The summed E-state index contributed by atoms with van der Waals surface area (Å²) >= 11 is 0. The third-order valence-corrected chi connectivity index (χ3v) is 2.13. The van der Waals surface area contributed by atoms with E-state index in [4.69, 9.17) is 10.2 Å². The SMILES string of the molecule is O=C(O)CN(CCc1ccccn1)CC(=O)O.[99Tc]. The Bertz CT molecular complexity index is 370. The number of aromatic nitrogens is 1. The minimum atomic E-state index is -1.03. The minimum Gasteiger partial charge on any atom is -0.480 e. The standard InChI is InChI=1S/C11H14N2O4.Tc/c14-10(15)7-13(8-11(16)17)6-4-9-3-1-2-5-12-9;/h1-3,5H,4,6-8H2,(H,14,15)(H,16,17);/i;1+1. The van der Waals surface area contributed by atoms with Crippen LogP contribution in [0.5, 0.6) is 0 Å². The molecule has 0 saturated carbocycles. The van der Waals surface area contributed by atoms with Gasteiger partial charge in [-0.3, -0.25) is 19.5 Å². The third-order valence-electron chi connectivity index (χ3n) is 2.13. The van der Waals surface area contributed by atoms with Gasteiger partial charge in [-0.1, -0.05) is 6.07 Å². The molecular formula is C11H14N2O4Tc. The topological polar surface area (TPSA) is 90.7 Å². The second-order valence-electron chi connectivity index (χ2n) is 3.57. The molecule has 0 spiro atoms. The summed E-state index contributed by atoms with van der Waals surface area (Å²) in [6, 6.07) is 5.44. The molecule has 1 aromatic heterocycles. The Labute approximate surface area is 118 Å². The molecule has 6 nitrogen and oxygen atoms in total. The molecule has 2 N–H and O–H groups in total. The van der Waals surface area contributed by atoms with E-state index in [-0.39, 0.29) is 33.2 Å². The molecule has 0 atom stereocenters. The molecule has 0 aromatic carbocycles. The number of hydrogen-bond donors (Lipinski definition) is 2. The summed E-state index contributed by atoms with van der Waals surface area (Å²) in [5.74, 6) is -2.07. The van der Waals surface area contributed by atoms with Gasteiger partial charge in [0, 0.05) is 45.0 Å². The maximum Gasteiger partial charge on any atom is 0.317 e. The van der Waals surface area contributed by atoms with Gasteiger partial charge in [-0.2, -0.15) is 0 Å². The van der Waals surface area contributed by atoms with Crippen LogP contribution in [-0.4, -0.2) is 51.7 Å². The quantitative estimate of drug-likeness (QED) is 0.733. The third kappa shape index (κ3) is 7.11. The van der Waals surface area contributed by atoms with Gasteiger partial charge in [0.25, 0.3) is 0 Å². The summed E-state index contributed by atoms with van der Waals surface area (Å²) in [5, 5.41) is 17.3. The van der Waals surface area contributed by atoms with E-state index in [2.05, 4.69) is 4.98 Å². The van der Waals surface area contributed by atoms with Crippen molar-refractivity contribution in [3.63, 3.8) is 0 Å². The molecular weight excluding hydrogens is 323 g/mol. The van der Waals surface area contributed by atoms with Crippen molar-refractivity contribution in [3.8, 4) is 0 Å². The summed E-state index contributed by atoms with van der Waals surface area (Å²) in [6.45, 7) is -0.201. The number of carboxylic acids is 2. The molecule has 1 radical (unpaired) electrons. The number of aliphatic carboxylic acids is 2. The fraction of sp³-hybridized carbons (Fsp3) is 0.364. The molecule has 1 heterocycles. The molecule has 7 heteroatoms. The fourth-order valence-corrected chi connectivity index (χ4v) is 1.42. The van der Waals surface area contributed by atoms with Crippen LogP contribution in [0.1, 0.15) is 5.69 Å². The maximum atomic E-state index is 10.6. The Morgan fingerprint density at radius 2 is 1.78 bits per heavy atom. The molecule has 18 heavy (non-hydrogen) atoms. The van der Waals surface area contributed by atoms with Crippen LogP contribution in [0.2, 0.25) is 0 Å². The van der Waals surface area contributed by atoms with E-state index in [1.54, 1.807) is 12.3 Å². The van der Waals surface area contributed by atoms with Crippen LogP contribution in [0.15, 0.2) is 24.4 Å². The summed E-state index contributed by atoms with van der Waals surface area (Å²) in [5.41, 5.74) is 0.813. The van der Waals surface area contributed by atoms with Crippen molar-refractivity contribution in [2.45, 2.75) is 6.42 Å². The number of rotatable bonds is 7. The largest absolute Gasteiger partial charge is 0.480 e. The molecule has 0 fully saturated rings. The van der Waals surface area contributed by atoms with E-state index in [0.29, 0.717) is 13.0 Å². The smallest absolute Gasteiger partial charge is 0.317 e. The zero-order chi connectivity index (χ0) is 12.7. The predicted octanol–water partition coefficient (Wildman–Crippen LogP) is 0.0928. The summed E-state index contributed by atoms with van der Waals surface area (Å²) < 4.78 is 0. The van der Waals surface area contributed by atoms with Gasteiger partial charge >= 0.3 is 11.9 Å². The van der Waals surface area contributed by atoms with Crippen LogP contribution >= 0.6 is 0 Å². The van der Waals surface area contributed by atoms with E-state index in [1.165, 1.54) is 4.90 Å². The van der Waals surface area contributed by atoms with Crippen molar-refractivity contribution < 1.29 is 39.9 Å². The Kier molecular flexibility index (Phi) is 8.11. The molecule has 0 amide bonds. The number of carbonyl (C=O) groups is 2. The molecule has 1 aromatic rings. The second kappa shape index (κ2) is 8.74. The van der Waals surface area contributed by atoms with E-state index in [1.807, 2.05) is 12.1 Å².